The zero-order valence-electron chi connectivity index (χ0n) is 10.4. The van der Waals surface area contributed by atoms with Gasteiger partial charge in [-0.1, -0.05) is 30.3 Å². The van der Waals surface area contributed by atoms with Gasteiger partial charge in [0, 0.05) is 12.6 Å². The van der Waals surface area contributed by atoms with Crippen molar-refractivity contribution < 1.29 is 9.90 Å². The van der Waals surface area contributed by atoms with Gasteiger partial charge in [-0.25, -0.2) is 4.79 Å². The van der Waals surface area contributed by atoms with Crippen LogP contribution in [0, 0.1) is 0 Å². The van der Waals surface area contributed by atoms with Crippen LogP contribution in [0.25, 0.3) is 0 Å². The van der Waals surface area contributed by atoms with Crippen LogP contribution >= 0.6 is 0 Å². The first kappa shape index (κ1) is 12.9. The van der Waals surface area contributed by atoms with Crippen LogP contribution in [-0.4, -0.2) is 23.3 Å². The molecule has 0 radical (unpaired) electrons. The summed E-state index contributed by atoms with van der Waals surface area (Å²) in [4.78, 5) is 11.7. The van der Waals surface area contributed by atoms with Crippen molar-refractivity contribution in [3.05, 3.63) is 35.9 Å². The van der Waals surface area contributed by atoms with Gasteiger partial charge in [-0.2, -0.15) is 0 Å². The Morgan fingerprint density at radius 2 is 2.06 bits per heavy atom. The number of benzene rings is 1. The molecule has 2 rings (SSSR count). The summed E-state index contributed by atoms with van der Waals surface area (Å²) in [5.41, 5.74) is 1.08. The third-order valence-electron chi connectivity index (χ3n) is 3.28. The second-order valence-electron chi connectivity index (χ2n) is 4.83. The number of carbonyl (C=O) groups is 1. The van der Waals surface area contributed by atoms with Crippen LogP contribution in [0.1, 0.15) is 31.2 Å². The van der Waals surface area contributed by atoms with Gasteiger partial charge in [0.05, 0.1) is 6.10 Å². The van der Waals surface area contributed by atoms with Crippen LogP contribution in [0.2, 0.25) is 0 Å². The summed E-state index contributed by atoms with van der Waals surface area (Å²) in [5.74, 6) is 0. The molecule has 0 saturated heterocycles. The van der Waals surface area contributed by atoms with Crippen molar-refractivity contribution >= 4 is 6.03 Å². The number of hydrogen-bond donors (Lipinski definition) is 3. The molecule has 1 aromatic rings. The maximum Gasteiger partial charge on any atom is 0.315 e. The second-order valence-corrected chi connectivity index (χ2v) is 4.83. The van der Waals surface area contributed by atoms with E-state index in [9.17, 15) is 9.90 Å². The standard InChI is InChI=1S/C14H20N2O2/c17-13-8-4-7-12(9-13)16-14(18)15-10-11-5-2-1-3-6-11/h1-3,5-6,12-13,17H,4,7-10H2,(H2,15,16,18). The van der Waals surface area contributed by atoms with E-state index in [0.717, 1.165) is 24.8 Å². The predicted molar refractivity (Wildman–Crippen MR) is 70.1 cm³/mol. The molecular weight excluding hydrogens is 228 g/mol. The number of amides is 2. The molecule has 2 amide bonds. The Labute approximate surface area is 107 Å². The summed E-state index contributed by atoms with van der Waals surface area (Å²) in [5, 5.41) is 15.3. The van der Waals surface area contributed by atoms with E-state index in [0.29, 0.717) is 13.0 Å². The van der Waals surface area contributed by atoms with E-state index in [-0.39, 0.29) is 18.2 Å². The molecule has 0 aromatic heterocycles. The number of aliphatic hydroxyl groups excluding tert-OH is 1. The van der Waals surface area contributed by atoms with Crippen molar-refractivity contribution in [1.82, 2.24) is 10.6 Å². The van der Waals surface area contributed by atoms with Gasteiger partial charge in [0.1, 0.15) is 0 Å². The van der Waals surface area contributed by atoms with E-state index < -0.39 is 0 Å². The average molecular weight is 248 g/mol. The fourth-order valence-electron chi connectivity index (χ4n) is 2.31. The molecule has 1 fully saturated rings. The molecule has 0 bridgehead atoms. The minimum absolute atomic E-state index is 0.101. The molecule has 0 heterocycles. The van der Waals surface area contributed by atoms with Crippen LogP contribution in [-0.2, 0) is 6.54 Å². The topological polar surface area (TPSA) is 61.4 Å². The van der Waals surface area contributed by atoms with E-state index in [4.69, 9.17) is 0 Å². The van der Waals surface area contributed by atoms with Crippen molar-refractivity contribution in [1.29, 1.82) is 0 Å². The molecule has 18 heavy (non-hydrogen) atoms. The summed E-state index contributed by atoms with van der Waals surface area (Å²) >= 11 is 0. The Morgan fingerprint density at radius 1 is 1.28 bits per heavy atom. The molecule has 4 heteroatoms. The lowest BCUT2D eigenvalue weighted by Crippen LogP contribution is -2.44. The number of rotatable bonds is 3. The van der Waals surface area contributed by atoms with E-state index >= 15 is 0 Å². The highest BCUT2D eigenvalue weighted by molar-refractivity contribution is 5.74. The fourth-order valence-corrected chi connectivity index (χ4v) is 2.31. The van der Waals surface area contributed by atoms with Crippen molar-refractivity contribution in [2.24, 2.45) is 0 Å². The zero-order valence-corrected chi connectivity index (χ0v) is 10.4. The van der Waals surface area contributed by atoms with Crippen LogP contribution in [0.4, 0.5) is 4.79 Å². The maximum absolute atomic E-state index is 11.7. The molecule has 0 spiro atoms. The number of urea groups is 1. The Balaban J connectivity index is 1.72. The molecule has 2 atom stereocenters. The highest BCUT2D eigenvalue weighted by Gasteiger charge is 2.21. The number of hydrogen-bond acceptors (Lipinski definition) is 2. The summed E-state index contributed by atoms with van der Waals surface area (Å²) in [6, 6.07) is 9.75. The van der Waals surface area contributed by atoms with Crippen molar-refractivity contribution in [2.45, 2.75) is 44.4 Å². The van der Waals surface area contributed by atoms with Gasteiger partial charge >= 0.3 is 6.03 Å². The highest BCUT2D eigenvalue weighted by Crippen LogP contribution is 2.18. The molecule has 3 N–H and O–H groups in total. The molecule has 0 aliphatic heterocycles. The molecule has 4 nitrogen and oxygen atoms in total. The lowest BCUT2D eigenvalue weighted by Gasteiger charge is -2.26. The minimum atomic E-state index is -0.266. The van der Waals surface area contributed by atoms with Crippen molar-refractivity contribution in [3.63, 3.8) is 0 Å². The van der Waals surface area contributed by atoms with E-state index in [1.54, 1.807) is 0 Å². The monoisotopic (exact) mass is 248 g/mol. The quantitative estimate of drug-likeness (QED) is 0.763. The van der Waals surface area contributed by atoms with Gasteiger partial charge < -0.3 is 15.7 Å². The molecule has 2 unspecified atom stereocenters. The highest BCUT2D eigenvalue weighted by atomic mass is 16.3. The SMILES string of the molecule is O=C(NCc1ccccc1)NC1CCCC(O)C1. The number of carbonyl (C=O) groups excluding carboxylic acids is 1. The number of aliphatic hydroxyl groups is 1. The third kappa shape index (κ3) is 4.04. The molecule has 98 valence electrons. The van der Waals surface area contributed by atoms with Crippen LogP contribution in [0.3, 0.4) is 0 Å². The molecule has 1 saturated carbocycles. The normalized spacial score (nSPS) is 23.4. The lowest BCUT2D eigenvalue weighted by molar-refractivity contribution is 0.113. The lowest BCUT2D eigenvalue weighted by atomic mass is 9.93. The molecule has 1 aliphatic rings. The Bertz CT molecular complexity index is 381. The van der Waals surface area contributed by atoms with Crippen molar-refractivity contribution in [2.75, 3.05) is 0 Å². The van der Waals surface area contributed by atoms with Gasteiger partial charge in [-0.15, -0.1) is 0 Å². The minimum Gasteiger partial charge on any atom is -0.393 e. The van der Waals surface area contributed by atoms with E-state index in [1.807, 2.05) is 30.3 Å². The summed E-state index contributed by atoms with van der Waals surface area (Å²) in [6.45, 7) is 0.530. The summed E-state index contributed by atoms with van der Waals surface area (Å²) in [6.07, 6.45) is 3.18. The first-order valence-electron chi connectivity index (χ1n) is 6.50. The average Bonchev–Trinajstić information content (AvgIpc) is 2.38. The Hall–Kier alpha value is -1.55. The largest absolute Gasteiger partial charge is 0.393 e. The molecule has 1 aliphatic carbocycles. The second kappa shape index (κ2) is 6.40. The van der Waals surface area contributed by atoms with Crippen LogP contribution in [0.5, 0.6) is 0 Å². The summed E-state index contributed by atoms with van der Waals surface area (Å²) < 4.78 is 0. The van der Waals surface area contributed by atoms with Gasteiger partial charge in [-0.3, -0.25) is 0 Å². The van der Waals surface area contributed by atoms with E-state index in [2.05, 4.69) is 10.6 Å². The van der Waals surface area contributed by atoms with Crippen LogP contribution < -0.4 is 10.6 Å². The first-order valence-corrected chi connectivity index (χ1v) is 6.50. The third-order valence-corrected chi connectivity index (χ3v) is 3.28. The smallest absolute Gasteiger partial charge is 0.315 e. The van der Waals surface area contributed by atoms with Gasteiger partial charge in [0.15, 0.2) is 0 Å². The molecule has 1 aromatic carbocycles. The zero-order chi connectivity index (χ0) is 12.8. The fraction of sp³-hybridized carbons (Fsp3) is 0.500. The van der Waals surface area contributed by atoms with Gasteiger partial charge in [0.25, 0.3) is 0 Å². The Kier molecular flexibility index (Phi) is 4.59. The maximum atomic E-state index is 11.7. The van der Waals surface area contributed by atoms with Crippen LogP contribution in [0.15, 0.2) is 30.3 Å². The molecular formula is C14H20N2O2. The van der Waals surface area contributed by atoms with Gasteiger partial charge in [0.2, 0.25) is 0 Å². The van der Waals surface area contributed by atoms with Gasteiger partial charge in [-0.05, 0) is 31.2 Å². The Morgan fingerprint density at radius 3 is 2.78 bits per heavy atom. The van der Waals surface area contributed by atoms with Crippen molar-refractivity contribution in [3.8, 4) is 0 Å². The number of nitrogens with one attached hydrogen (secondary N) is 2. The van der Waals surface area contributed by atoms with E-state index in [1.165, 1.54) is 0 Å². The predicted octanol–water partition coefficient (Wildman–Crippen LogP) is 1.79. The summed E-state index contributed by atoms with van der Waals surface area (Å²) in [7, 11) is 0. The first-order chi connectivity index (χ1) is 8.74.